The van der Waals surface area contributed by atoms with E-state index in [1.807, 2.05) is 11.2 Å². The number of anilines is 1. The summed E-state index contributed by atoms with van der Waals surface area (Å²) in [5.41, 5.74) is -4.46. The Labute approximate surface area is 128 Å². The molecular weight excluding hydrogens is 318 g/mol. The normalized spacial score (nSPS) is 23.1. The summed E-state index contributed by atoms with van der Waals surface area (Å²) < 4.78 is 64.6. The van der Waals surface area contributed by atoms with Crippen molar-refractivity contribution < 1.29 is 31.8 Å². The van der Waals surface area contributed by atoms with Gasteiger partial charge >= 0.3 is 12.3 Å². The average Bonchev–Trinajstić information content (AvgIpc) is 3.28. The van der Waals surface area contributed by atoms with E-state index in [4.69, 9.17) is 4.74 Å². The topological polar surface area (TPSA) is 47.6 Å². The summed E-state index contributed by atoms with van der Waals surface area (Å²) in [4.78, 5) is 11.6. The Morgan fingerprint density at radius 1 is 1.39 bits per heavy atom. The molecule has 1 heterocycles. The van der Waals surface area contributed by atoms with Crippen LogP contribution in [0.15, 0.2) is 12.1 Å². The highest BCUT2D eigenvalue weighted by atomic mass is 19.4. The molecule has 4 nitrogen and oxygen atoms in total. The Morgan fingerprint density at radius 2 is 2.09 bits per heavy atom. The van der Waals surface area contributed by atoms with Gasteiger partial charge in [-0.25, -0.2) is 9.18 Å². The molecule has 1 fully saturated rings. The summed E-state index contributed by atoms with van der Waals surface area (Å²) in [5, 5.41) is 1.95. The molecule has 1 aromatic rings. The van der Waals surface area contributed by atoms with Gasteiger partial charge in [0.2, 0.25) is 0 Å². The minimum absolute atomic E-state index is 0.136. The smallest absolute Gasteiger partial charge is 0.445 e. The number of halogens is 4. The second-order valence-corrected chi connectivity index (χ2v) is 5.27. The van der Waals surface area contributed by atoms with Gasteiger partial charge in [0.1, 0.15) is 5.75 Å². The van der Waals surface area contributed by atoms with Crippen molar-refractivity contribution >= 4 is 11.8 Å². The fourth-order valence-electron chi connectivity index (χ4n) is 2.23. The Balaban J connectivity index is 2.27. The molecule has 2 aliphatic rings. The largest absolute Gasteiger partial charge is 0.497 e. The molecule has 1 N–H and O–H groups in total. The number of carbonyl (C=O) groups excluding carboxylic acids is 1. The molecule has 1 saturated carbocycles. The van der Waals surface area contributed by atoms with Crippen molar-refractivity contribution in [1.29, 1.82) is 0 Å². The molecule has 1 amide bonds. The van der Waals surface area contributed by atoms with Crippen LogP contribution in [-0.4, -0.2) is 19.4 Å². The fraction of sp³-hybridized carbons (Fsp3) is 0.400. The number of amides is 1. The number of hydrogen-bond donors (Lipinski definition) is 1. The van der Waals surface area contributed by atoms with Gasteiger partial charge < -0.3 is 9.47 Å². The molecule has 1 atom stereocenters. The first kappa shape index (κ1) is 15.5. The van der Waals surface area contributed by atoms with Crippen molar-refractivity contribution in [2.75, 3.05) is 12.4 Å². The van der Waals surface area contributed by atoms with Crippen LogP contribution in [0.25, 0.3) is 0 Å². The summed E-state index contributed by atoms with van der Waals surface area (Å²) in [6.07, 6.45) is -5.08. The zero-order chi connectivity index (χ0) is 16.8. The van der Waals surface area contributed by atoms with E-state index in [1.165, 1.54) is 7.11 Å². The Bertz CT molecular complexity index is 731. The maximum Gasteiger partial charge on any atom is 0.445 e. The maximum absolute atomic E-state index is 14.1. The molecule has 0 saturated heterocycles. The van der Waals surface area contributed by atoms with Gasteiger partial charge in [0.05, 0.1) is 12.8 Å². The summed E-state index contributed by atoms with van der Waals surface area (Å²) >= 11 is 0. The van der Waals surface area contributed by atoms with Crippen molar-refractivity contribution in [3.63, 3.8) is 0 Å². The molecule has 1 aliphatic carbocycles. The predicted molar refractivity (Wildman–Crippen MR) is 71.3 cm³/mol. The highest BCUT2D eigenvalue weighted by Crippen LogP contribution is 2.49. The maximum atomic E-state index is 14.1. The number of alkyl halides is 3. The number of rotatable bonds is 1. The first-order chi connectivity index (χ1) is 10.8. The van der Waals surface area contributed by atoms with Crippen molar-refractivity contribution in [2.24, 2.45) is 5.92 Å². The van der Waals surface area contributed by atoms with Gasteiger partial charge in [-0.05, 0) is 24.8 Å². The monoisotopic (exact) mass is 329 g/mol. The summed E-state index contributed by atoms with van der Waals surface area (Å²) in [6, 6.07) is 1.84. The van der Waals surface area contributed by atoms with Gasteiger partial charge in [-0.15, -0.1) is 0 Å². The van der Waals surface area contributed by atoms with E-state index in [-0.39, 0.29) is 11.7 Å². The minimum Gasteiger partial charge on any atom is -0.497 e. The van der Waals surface area contributed by atoms with Crippen LogP contribution in [-0.2, 0) is 10.3 Å². The van der Waals surface area contributed by atoms with Gasteiger partial charge in [-0.3, -0.25) is 5.32 Å². The van der Waals surface area contributed by atoms with Crippen molar-refractivity contribution in [1.82, 2.24) is 0 Å². The Hall–Kier alpha value is -2.43. The van der Waals surface area contributed by atoms with E-state index in [1.54, 1.807) is 0 Å². The van der Waals surface area contributed by atoms with Crippen LogP contribution in [0.4, 0.5) is 28.0 Å². The van der Waals surface area contributed by atoms with E-state index < -0.39 is 34.9 Å². The van der Waals surface area contributed by atoms with E-state index in [0.717, 1.165) is 12.1 Å². The summed E-state index contributed by atoms with van der Waals surface area (Å²) in [5.74, 6) is 3.12. The molecule has 3 rings (SSSR count). The summed E-state index contributed by atoms with van der Waals surface area (Å²) in [7, 11) is 1.19. The van der Waals surface area contributed by atoms with Gasteiger partial charge in [0, 0.05) is 17.5 Å². The number of cyclic esters (lactones) is 1. The third-order valence-electron chi connectivity index (χ3n) is 3.58. The lowest BCUT2D eigenvalue weighted by Crippen LogP contribution is -2.49. The van der Waals surface area contributed by atoms with Crippen molar-refractivity contribution in [3.05, 3.63) is 23.5 Å². The molecule has 1 aromatic carbocycles. The summed E-state index contributed by atoms with van der Waals surface area (Å²) in [6.45, 7) is 0. The molecule has 1 aliphatic heterocycles. The number of benzene rings is 1. The van der Waals surface area contributed by atoms with Crippen LogP contribution in [0.1, 0.15) is 18.4 Å². The van der Waals surface area contributed by atoms with E-state index in [9.17, 15) is 22.4 Å². The van der Waals surface area contributed by atoms with Crippen LogP contribution in [0.3, 0.4) is 0 Å². The molecule has 0 aromatic heterocycles. The van der Waals surface area contributed by atoms with E-state index in [2.05, 4.69) is 10.7 Å². The molecule has 8 heteroatoms. The second kappa shape index (κ2) is 5.05. The molecule has 0 spiro atoms. The van der Waals surface area contributed by atoms with E-state index >= 15 is 0 Å². The second-order valence-electron chi connectivity index (χ2n) is 5.27. The number of nitrogens with one attached hydrogen (secondary N) is 1. The van der Waals surface area contributed by atoms with Gasteiger partial charge in [-0.2, -0.15) is 13.2 Å². The third-order valence-corrected chi connectivity index (χ3v) is 3.58. The molecular formula is C15H11F4NO3. The predicted octanol–water partition coefficient (Wildman–Crippen LogP) is 3.57. The SMILES string of the molecule is COc1cc(F)c2c(c1)C(C#CC1CC1)(C(F)(F)F)OC(=O)N2. The van der Waals surface area contributed by atoms with Crippen LogP contribution in [0.2, 0.25) is 0 Å². The molecule has 23 heavy (non-hydrogen) atoms. The molecule has 1 unspecified atom stereocenters. The number of ether oxygens (including phenoxy) is 2. The van der Waals surface area contributed by atoms with Crippen LogP contribution < -0.4 is 10.1 Å². The number of hydrogen-bond acceptors (Lipinski definition) is 3. The van der Waals surface area contributed by atoms with Crippen LogP contribution in [0, 0.1) is 23.6 Å². The van der Waals surface area contributed by atoms with Crippen molar-refractivity contribution in [2.45, 2.75) is 24.6 Å². The number of carbonyl (C=O) groups is 1. The lowest BCUT2D eigenvalue weighted by Gasteiger charge is -2.36. The number of methoxy groups -OCH3 is 1. The first-order valence-electron chi connectivity index (χ1n) is 6.74. The lowest BCUT2D eigenvalue weighted by molar-refractivity contribution is -0.239. The molecule has 0 bridgehead atoms. The number of fused-ring (bicyclic) bond motifs is 1. The van der Waals surface area contributed by atoms with Crippen LogP contribution >= 0.6 is 0 Å². The zero-order valence-electron chi connectivity index (χ0n) is 11.9. The highest BCUT2D eigenvalue weighted by molar-refractivity contribution is 5.90. The first-order valence-corrected chi connectivity index (χ1v) is 6.74. The van der Waals surface area contributed by atoms with Gasteiger partial charge in [0.15, 0.2) is 5.82 Å². The van der Waals surface area contributed by atoms with Crippen molar-refractivity contribution in [3.8, 4) is 17.6 Å². The van der Waals surface area contributed by atoms with E-state index in [0.29, 0.717) is 12.8 Å². The molecule has 0 radical (unpaired) electrons. The molecule has 122 valence electrons. The zero-order valence-corrected chi connectivity index (χ0v) is 11.9. The Kier molecular flexibility index (Phi) is 3.39. The minimum atomic E-state index is -5.04. The van der Waals surface area contributed by atoms with Gasteiger partial charge in [-0.1, -0.05) is 5.92 Å². The fourth-order valence-corrected chi connectivity index (χ4v) is 2.23. The highest BCUT2D eigenvalue weighted by Gasteiger charge is 2.62. The van der Waals surface area contributed by atoms with Crippen LogP contribution in [0.5, 0.6) is 5.75 Å². The van der Waals surface area contributed by atoms with Gasteiger partial charge in [0.25, 0.3) is 5.60 Å². The lowest BCUT2D eigenvalue weighted by atomic mass is 9.89. The third kappa shape index (κ3) is 2.56. The Morgan fingerprint density at radius 3 is 2.65 bits per heavy atom. The quantitative estimate of drug-likeness (QED) is 0.633. The standard InChI is InChI=1S/C15H11F4NO3/c1-22-9-6-10-12(11(16)7-9)20-13(21)23-14(10,15(17,18)19)5-4-8-2-3-8/h6-8H,2-3H2,1H3,(H,20,21). The average molecular weight is 329 g/mol.